The van der Waals surface area contributed by atoms with Crippen LogP contribution in [0.5, 0.6) is 5.75 Å². The van der Waals surface area contributed by atoms with Gasteiger partial charge in [-0.25, -0.2) is 0 Å². The second-order valence-electron chi connectivity index (χ2n) is 7.11. The maximum Gasteiger partial charge on any atom is 0.133 e. The predicted molar refractivity (Wildman–Crippen MR) is 90.5 cm³/mol. The summed E-state index contributed by atoms with van der Waals surface area (Å²) in [6, 6.07) is 7.83. The molecule has 0 unspecified atom stereocenters. The van der Waals surface area contributed by atoms with Crippen LogP contribution in [0.2, 0.25) is 0 Å². The molecule has 121 valence electrons. The number of rotatable bonds is 3. The Bertz CT molecular complexity index is 653. The van der Waals surface area contributed by atoms with Crippen molar-refractivity contribution in [3.63, 3.8) is 0 Å². The van der Waals surface area contributed by atoms with E-state index < -0.39 is 0 Å². The van der Waals surface area contributed by atoms with Crippen molar-refractivity contribution in [1.29, 1.82) is 10.5 Å². The van der Waals surface area contributed by atoms with Gasteiger partial charge in [-0.3, -0.25) is 0 Å². The normalized spacial score (nSPS) is 15.6. The third kappa shape index (κ3) is 3.59. The van der Waals surface area contributed by atoms with Crippen LogP contribution in [0.3, 0.4) is 0 Å². The Balaban J connectivity index is 2.59. The number of ether oxygens (including phenoxy) is 1. The number of nitrogens with zero attached hydrogens (tertiary/aromatic N) is 2. The van der Waals surface area contributed by atoms with Crippen molar-refractivity contribution in [2.45, 2.75) is 64.3 Å². The highest BCUT2D eigenvalue weighted by atomic mass is 16.5. The van der Waals surface area contributed by atoms with Gasteiger partial charge < -0.3 is 10.1 Å². The molecule has 1 aliphatic carbocycles. The molecular weight excluding hydrogens is 286 g/mol. The Labute approximate surface area is 139 Å². The molecule has 1 aliphatic rings. The first-order valence-corrected chi connectivity index (χ1v) is 8.16. The van der Waals surface area contributed by atoms with E-state index in [4.69, 9.17) is 4.74 Å². The minimum atomic E-state index is -0.274. The van der Waals surface area contributed by atoms with Gasteiger partial charge in [0, 0.05) is 17.7 Å². The van der Waals surface area contributed by atoms with Crippen molar-refractivity contribution in [1.82, 2.24) is 0 Å². The zero-order valence-electron chi connectivity index (χ0n) is 14.4. The number of nitrogens with one attached hydrogen (secondary N) is 1. The third-order valence-corrected chi connectivity index (χ3v) is 4.35. The van der Waals surface area contributed by atoms with E-state index >= 15 is 0 Å². The molecule has 0 amide bonds. The summed E-state index contributed by atoms with van der Waals surface area (Å²) < 4.78 is 5.42. The maximum absolute atomic E-state index is 9.76. The zero-order valence-corrected chi connectivity index (χ0v) is 14.4. The lowest BCUT2D eigenvalue weighted by Crippen LogP contribution is -2.25. The van der Waals surface area contributed by atoms with Crippen LogP contribution in [0.25, 0.3) is 0 Å². The van der Waals surface area contributed by atoms with Crippen LogP contribution in [-0.4, -0.2) is 13.2 Å². The highest BCUT2D eigenvalue weighted by Gasteiger charge is 2.29. The first-order chi connectivity index (χ1) is 10.9. The molecule has 1 fully saturated rings. The SMILES string of the molecule is COc1[c]c(C#N)c(NC2CCCCC2)c(C#N)c1C(C)(C)C. The molecule has 0 atom stereocenters. The summed E-state index contributed by atoms with van der Waals surface area (Å²) >= 11 is 0. The van der Waals surface area contributed by atoms with Gasteiger partial charge in [-0.05, 0) is 18.3 Å². The maximum atomic E-state index is 9.76. The van der Waals surface area contributed by atoms with E-state index in [1.165, 1.54) is 19.3 Å². The highest BCUT2D eigenvalue weighted by molar-refractivity contribution is 5.73. The van der Waals surface area contributed by atoms with Gasteiger partial charge in [0.2, 0.25) is 0 Å². The van der Waals surface area contributed by atoms with Crippen LogP contribution >= 0.6 is 0 Å². The molecule has 1 aromatic rings. The molecule has 4 nitrogen and oxygen atoms in total. The number of benzene rings is 1. The standard InChI is InChI=1S/C19H24N3O/c1-19(2,3)17-15(12-21)18(13(11-20)10-16(17)23-4)22-14-8-6-5-7-9-14/h14,22H,5-9H2,1-4H3. The number of nitriles is 2. The van der Waals surface area contributed by atoms with Crippen molar-refractivity contribution in [3.05, 3.63) is 22.8 Å². The van der Waals surface area contributed by atoms with Gasteiger partial charge in [-0.15, -0.1) is 0 Å². The second kappa shape index (κ2) is 6.92. The lowest BCUT2D eigenvalue weighted by atomic mass is 9.81. The smallest absolute Gasteiger partial charge is 0.133 e. The van der Waals surface area contributed by atoms with Crippen LogP contribution in [0.4, 0.5) is 5.69 Å². The van der Waals surface area contributed by atoms with Gasteiger partial charge in [0.1, 0.15) is 17.9 Å². The minimum absolute atomic E-state index is 0.274. The highest BCUT2D eigenvalue weighted by Crippen LogP contribution is 2.40. The molecule has 1 radical (unpaired) electrons. The molecule has 1 saturated carbocycles. The lowest BCUT2D eigenvalue weighted by Gasteiger charge is -2.29. The Kier molecular flexibility index (Phi) is 5.16. The van der Waals surface area contributed by atoms with E-state index in [9.17, 15) is 10.5 Å². The molecule has 0 spiro atoms. The number of methoxy groups -OCH3 is 1. The largest absolute Gasteiger partial charge is 0.496 e. The van der Waals surface area contributed by atoms with Crippen molar-refractivity contribution >= 4 is 5.69 Å². The quantitative estimate of drug-likeness (QED) is 0.904. The molecule has 0 aromatic heterocycles. The van der Waals surface area contributed by atoms with E-state index in [2.05, 4.69) is 23.5 Å². The number of hydrogen-bond acceptors (Lipinski definition) is 4. The summed E-state index contributed by atoms with van der Waals surface area (Å²) in [6.07, 6.45) is 5.79. The Morgan fingerprint density at radius 2 is 1.78 bits per heavy atom. The molecular formula is C19H24N3O. The van der Waals surface area contributed by atoms with Crippen LogP contribution in [0.1, 0.15) is 69.6 Å². The van der Waals surface area contributed by atoms with Crippen molar-refractivity contribution < 1.29 is 4.74 Å². The summed E-state index contributed by atoms with van der Waals surface area (Å²) in [4.78, 5) is 0. The van der Waals surface area contributed by atoms with Crippen LogP contribution < -0.4 is 10.1 Å². The fourth-order valence-electron chi connectivity index (χ4n) is 3.26. The van der Waals surface area contributed by atoms with Gasteiger partial charge >= 0.3 is 0 Å². The fraction of sp³-hybridized carbons (Fsp3) is 0.579. The molecule has 2 rings (SSSR count). The van der Waals surface area contributed by atoms with E-state index in [1.807, 2.05) is 20.8 Å². The molecule has 0 aliphatic heterocycles. The van der Waals surface area contributed by atoms with Gasteiger partial charge in [-0.1, -0.05) is 40.0 Å². The summed E-state index contributed by atoms with van der Waals surface area (Å²) in [5.74, 6) is 0.486. The van der Waals surface area contributed by atoms with Crippen LogP contribution in [0.15, 0.2) is 0 Å². The number of hydrogen-bond donors (Lipinski definition) is 1. The monoisotopic (exact) mass is 310 g/mol. The minimum Gasteiger partial charge on any atom is -0.496 e. The lowest BCUT2D eigenvalue weighted by molar-refractivity contribution is 0.396. The van der Waals surface area contributed by atoms with Gasteiger partial charge in [0.25, 0.3) is 0 Å². The summed E-state index contributed by atoms with van der Waals surface area (Å²) in [6.45, 7) is 6.11. The van der Waals surface area contributed by atoms with Crippen LogP contribution in [-0.2, 0) is 5.41 Å². The van der Waals surface area contributed by atoms with Gasteiger partial charge in [0.15, 0.2) is 0 Å². The van der Waals surface area contributed by atoms with Gasteiger partial charge in [0.05, 0.1) is 23.9 Å². The fourth-order valence-corrected chi connectivity index (χ4v) is 3.26. The van der Waals surface area contributed by atoms with Crippen molar-refractivity contribution in [2.24, 2.45) is 0 Å². The molecule has 1 aromatic carbocycles. The average molecular weight is 310 g/mol. The van der Waals surface area contributed by atoms with Gasteiger partial charge in [-0.2, -0.15) is 10.5 Å². The van der Waals surface area contributed by atoms with E-state index in [0.29, 0.717) is 28.6 Å². The molecule has 0 bridgehead atoms. The van der Waals surface area contributed by atoms with E-state index in [0.717, 1.165) is 18.4 Å². The first-order valence-electron chi connectivity index (χ1n) is 8.16. The zero-order chi connectivity index (χ0) is 17.0. The third-order valence-electron chi connectivity index (χ3n) is 4.35. The molecule has 4 heteroatoms. The average Bonchev–Trinajstić information content (AvgIpc) is 2.54. The van der Waals surface area contributed by atoms with E-state index in [-0.39, 0.29) is 5.41 Å². The van der Waals surface area contributed by atoms with Crippen molar-refractivity contribution in [2.75, 3.05) is 12.4 Å². The van der Waals surface area contributed by atoms with Crippen LogP contribution in [0, 0.1) is 28.7 Å². The molecule has 0 heterocycles. The summed E-state index contributed by atoms with van der Waals surface area (Å²) in [5, 5.41) is 22.7. The first kappa shape index (κ1) is 17.2. The molecule has 1 N–H and O–H groups in total. The Morgan fingerprint density at radius 3 is 2.26 bits per heavy atom. The van der Waals surface area contributed by atoms with E-state index in [1.54, 1.807) is 7.11 Å². The van der Waals surface area contributed by atoms with Crippen molar-refractivity contribution in [3.8, 4) is 17.9 Å². The summed E-state index contributed by atoms with van der Waals surface area (Å²) in [7, 11) is 1.55. The number of anilines is 1. The predicted octanol–water partition coefficient (Wildman–Crippen LogP) is 4.28. The Hall–Kier alpha value is -2.20. The topological polar surface area (TPSA) is 68.8 Å². The second-order valence-corrected chi connectivity index (χ2v) is 7.11. The molecule has 23 heavy (non-hydrogen) atoms. The summed E-state index contributed by atoms with van der Waals surface area (Å²) in [5.41, 5.74) is 2.02. The Morgan fingerprint density at radius 1 is 1.13 bits per heavy atom. The molecule has 0 saturated heterocycles.